The van der Waals surface area contributed by atoms with Crippen molar-refractivity contribution in [2.45, 2.75) is 12.8 Å². The number of ether oxygens (including phenoxy) is 1. The third kappa shape index (κ3) is 4.04. The summed E-state index contributed by atoms with van der Waals surface area (Å²) in [6.07, 6.45) is 0. The van der Waals surface area contributed by atoms with Crippen molar-refractivity contribution in [3.05, 3.63) is 70.7 Å². The number of anilines is 1. The van der Waals surface area contributed by atoms with Crippen molar-refractivity contribution in [1.29, 1.82) is 0 Å². The standard InChI is InChI=1S/C21H19ClN2O3/c1-12(13-3-4-15-10-17(27-2)7-5-14(15)9-13)21(26)24-16-6-8-19(22)18(11-16)20(23)25/h3-12H,1-2H3,(H2,23,25)(H,24,26)/t12-/m1/s1. The molecule has 3 aromatic carbocycles. The van der Waals surface area contributed by atoms with Crippen LogP contribution in [-0.2, 0) is 4.79 Å². The molecule has 27 heavy (non-hydrogen) atoms. The third-order valence-corrected chi connectivity index (χ3v) is 4.79. The van der Waals surface area contributed by atoms with Crippen molar-refractivity contribution in [2.24, 2.45) is 5.73 Å². The predicted octanol–water partition coefficient (Wildman–Crippen LogP) is 4.34. The molecule has 0 aromatic heterocycles. The van der Waals surface area contributed by atoms with Crippen LogP contribution in [0.4, 0.5) is 5.69 Å². The van der Waals surface area contributed by atoms with Crippen LogP contribution in [0.15, 0.2) is 54.6 Å². The maximum absolute atomic E-state index is 12.6. The van der Waals surface area contributed by atoms with Gasteiger partial charge in [-0.3, -0.25) is 9.59 Å². The lowest BCUT2D eigenvalue weighted by Gasteiger charge is -2.14. The zero-order valence-corrected chi connectivity index (χ0v) is 15.7. The molecule has 0 heterocycles. The lowest BCUT2D eigenvalue weighted by molar-refractivity contribution is -0.117. The van der Waals surface area contributed by atoms with Crippen LogP contribution in [0, 0.1) is 0 Å². The molecule has 6 heteroatoms. The third-order valence-electron chi connectivity index (χ3n) is 4.46. The van der Waals surface area contributed by atoms with Gasteiger partial charge in [-0.25, -0.2) is 0 Å². The normalized spacial score (nSPS) is 11.8. The summed E-state index contributed by atoms with van der Waals surface area (Å²) in [5.74, 6) is -0.437. The maximum Gasteiger partial charge on any atom is 0.250 e. The van der Waals surface area contributed by atoms with E-state index in [4.69, 9.17) is 22.1 Å². The van der Waals surface area contributed by atoms with Gasteiger partial charge in [-0.05, 0) is 53.6 Å². The first kappa shape index (κ1) is 18.7. The van der Waals surface area contributed by atoms with Gasteiger partial charge in [0.2, 0.25) is 11.8 Å². The minimum absolute atomic E-state index is 0.168. The Labute approximate surface area is 162 Å². The van der Waals surface area contributed by atoms with Crippen LogP contribution in [0.1, 0.15) is 28.8 Å². The second kappa shape index (κ2) is 7.68. The SMILES string of the molecule is COc1ccc2cc([C@@H](C)C(=O)Nc3ccc(Cl)c(C(N)=O)c3)ccc2c1. The molecule has 0 aliphatic heterocycles. The van der Waals surface area contributed by atoms with E-state index in [0.29, 0.717) is 5.69 Å². The molecular weight excluding hydrogens is 364 g/mol. The van der Waals surface area contributed by atoms with E-state index in [1.807, 2.05) is 43.3 Å². The van der Waals surface area contributed by atoms with E-state index in [0.717, 1.165) is 22.1 Å². The van der Waals surface area contributed by atoms with Crippen molar-refractivity contribution in [3.63, 3.8) is 0 Å². The van der Waals surface area contributed by atoms with E-state index in [1.54, 1.807) is 13.2 Å². The van der Waals surface area contributed by atoms with E-state index in [2.05, 4.69) is 5.32 Å². The minimum Gasteiger partial charge on any atom is -0.497 e. The molecular formula is C21H19ClN2O3. The van der Waals surface area contributed by atoms with Crippen molar-refractivity contribution in [2.75, 3.05) is 12.4 Å². The highest BCUT2D eigenvalue weighted by atomic mass is 35.5. The Kier molecular flexibility index (Phi) is 5.33. The van der Waals surface area contributed by atoms with Gasteiger partial charge in [0.15, 0.2) is 0 Å². The van der Waals surface area contributed by atoms with Gasteiger partial charge in [0.25, 0.3) is 0 Å². The molecule has 1 atom stereocenters. The Morgan fingerprint density at radius 2 is 1.74 bits per heavy atom. The summed E-state index contributed by atoms with van der Waals surface area (Å²) in [5.41, 5.74) is 6.81. The Bertz CT molecular complexity index is 1030. The van der Waals surface area contributed by atoms with Crippen LogP contribution in [0.5, 0.6) is 5.75 Å². The molecule has 5 nitrogen and oxygen atoms in total. The molecule has 2 amide bonds. The number of fused-ring (bicyclic) bond motifs is 1. The van der Waals surface area contributed by atoms with E-state index in [-0.39, 0.29) is 22.4 Å². The summed E-state index contributed by atoms with van der Waals surface area (Å²) in [5, 5.41) is 5.11. The molecule has 0 spiro atoms. The van der Waals surface area contributed by atoms with E-state index < -0.39 is 5.91 Å². The summed E-state index contributed by atoms with van der Waals surface area (Å²) in [4.78, 5) is 24.0. The van der Waals surface area contributed by atoms with Crippen LogP contribution in [-0.4, -0.2) is 18.9 Å². The molecule has 0 aliphatic carbocycles. The highest BCUT2D eigenvalue weighted by Crippen LogP contribution is 2.26. The molecule has 3 rings (SSSR count). The number of carbonyl (C=O) groups is 2. The largest absolute Gasteiger partial charge is 0.497 e. The molecule has 3 N–H and O–H groups in total. The van der Waals surface area contributed by atoms with Crippen molar-refractivity contribution in [3.8, 4) is 5.75 Å². The second-order valence-electron chi connectivity index (χ2n) is 6.24. The van der Waals surface area contributed by atoms with E-state index in [1.165, 1.54) is 12.1 Å². The minimum atomic E-state index is -0.644. The number of hydrogen-bond donors (Lipinski definition) is 2. The summed E-state index contributed by atoms with van der Waals surface area (Å²) < 4.78 is 5.23. The summed E-state index contributed by atoms with van der Waals surface area (Å²) in [7, 11) is 1.63. The highest BCUT2D eigenvalue weighted by molar-refractivity contribution is 6.34. The molecule has 0 unspecified atom stereocenters. The average Bonchev–Trinajstić information content (AvgIpc) is 2.67. The van der Waals surface area contributed by atoms with Gasteiger partial charge in [-0.15, -0.1) is 0 Å². The zero-order chi connectivity index (χ0) is 19.6. The molecule has 0 saturated carbocycles. The van der Waals surface area contributed by atoms with Crippen molar-refractivity contribution >= 4 is 39.9 Å². The second-order valence-corrected chi connectivity index (χ2v) is 6.65. The molecule has 0 radical (unpaired) electrons. The van der Waals surface area contributed by atoms with Crippen molar-refractivity contribution in [1.82, 2.24) is 0 Å². The lowest BCUT2D eigenvalue weighted by atomic mass is 9.97. The Balaban J connectivity index is 1.82. The first-order valence-electron chi connectivity index (χ1n) is 8.37. The molecule has 3 aromatic rings. The lowest BCUT2D eigenvalue weighted by Crippen LogP contribution is -2.19. The summed E-state index contributed by atoms with van der Waals surface area (Å²) >= 11 is 5.94. The number of benzene rings is 3. The summed E-state index contributed by atoms with van der Waals surface area (Å²) in [6.45, 7) is 1.82. The van der Waals surface area contributed by atoms with Crippen LogP contribution in [0.25, 0.3) is 10.8 Å². The first-order valence-corrected chi connectivity index (χ1v) is 8.75. The van der Waals surface area contributed by atoms with Gasteiger partial charge >= 0.3 is 0 Å². The smallest absolute Gasteiger partial charge is 0.250 e. The zero-order valence-electron chi connectivity index (χ0n) is 15.0. The maximum atomic E-state index is 12.6. The number of amides is 2. The van der Waals surface area contributed by atoms with Gasteiger partial charge in [-0.1, -0.05) is 35.9 Å². The van der Waals surface area contributed by atoms with Crippen molar-refractivity contribution < 1.29 is 14.3 Å². The molecule has 0 saturated heterocycles. The van der Waals surface area contributed by atoms with Gasteiger partial charge in [0.05, 0.1) is 23.6 Å². The van der Waals surface area contributed by atoms with Crippen LogP contribution in [0.2, 0.25) is 5.02 Å². The van der Waals surface area contributed by atoms with Gasteiger partial charge in [0.1, 0.15) is 5.75 Å². The fraction of sp³-hybridized carbons (Fsp3) is 0.143. The number of primary amides is 1. The predicted molar refractivity (Wildman–Crippen MR) is 108 cm³/mol. The van der Waals surface area contributed by atoms with Gasteiger partial charge in [-0.2, -0.15) is 0 Å². The van der Waals surface area contributed by atoms with E-state index in [9.17, 15) is 9.59 Å². The first-order chi connectivity index (χ1) is 12.9. The Hall–Kier alpha value is -3.05. The number of rotatable bonds is 5. The topological polar surface area (TPSA) is 81.4 Å². The van der Waals surface area contributed by atoms with Gasteiger partial charge in [0, 0.05) is 5.69 Å². The molecule has 0 bridgehead atoms. The molecule has 0 fully saturated rings. The summed E-state index contributed by atoms with van der Waals surface area (Å²) in [6, 6.07) is 16.3. The van der Waals surface area contributed by atoms with Crippen LogP contribution in [0.3, 0.4) is 0 Å². The highest BCUT2D eigenvalue weighted by Gasteiger charge is 2.17. The van der Waals surface area contributed by atoms with Crippen LogP contribution >= 0.6 is 11.6 Å². The Morgan fingerprint density at radius 3 is 2.44 bits per heavy atom. The fourth-order valence-electron chi connectivity index (χ4n) is 2.83. The molecule has 138 valence electrons. The van der Waals surface area contributed by atoms with E-state index >= 15 is 0 Å². The number of methoxy groups -OCH3 is 1. The average molecular weight is 383 g/mol. The Morgan fingerprint density at radius 1 is 1.04 bits per heavy atom. The fourth-order valence-corrected chi connectivity index (χ4v) is 3.04. The quantitative estimate of drug-likeness (QED) is 0.688. The number of halogens is 1. The number of carbonyl (C=O) groups excluding carboxylic acids is 2. The van der Waals surface area contributed by atoms with Crippen LogP contribution < -0.4 is 15.8 Å². The molecule has 0 aliphatic rings. The number of nitrogens with one attached hydrogen (secondary N) is 1. The number of nitrogens with two attached hydrogens (primary N) is 1. The monoisotopic (exact) mass is 382 g/mol. The van der Waals surface area contributed by atoms with Gasteiger partial charge < -0.3 is 15.8 Å². The number of hydrogen-bond acceptors (Lipinski definition) is 3.